The van der Waals surface area contributed by atoms with Gasteiger partial charge in [0, 0.05) is 42.5 Å². The molecule has 1 heterocycles. The predicted octanol–water partition coefficient (Wildman–Crippen LogP) is 3.91. The van der Waals surface area contributed by atoms with Crippen molar-refractivity contribution in [3.63, 3.8) is 0 Å². The number of nitrogens with zero attached hydrogens (tertiary/aromatic N) is 2. The lowest BCUT2D eigenvalue weighted by molar-refractivity contribution is 0.126. The Morgan fingerprint density at radius 3 is 2.16 bits per heavy atom. The first-order valence-electron chi connectivity index (χ1n) is 10.5. The number of phenols is 1. The van der Waals surface area contributed by atoms with E-state index in [9.17, 15) is 5.11 Å². The molecule has 6 heteroatoms. The Labute approximate surface area is 183 Å². The molecule has 0 spiro atoms. The molecule has 3 aromatic carbocycles. The van der Waals surface area contributed by atoms with Gasteiger partial charge in [-0.2, -0.15) is 0 Å². The van der Waals surface area contributed by atoms with Crippen molar-refractivity contribution in [2.45, 2.75) is 6.04 Å². The van der Waals surface area contributed by atoms with Crippen LogP contribution in [-0.2, 0) is 0 Å². The maximum atomic E-state index is 11.4. The van der Waals surface area contributed by atoms with Crippen molar-refractivity contribution in [2.24, 2.45) is 0 Å². The lowest BCUT2D eigenvalue weighted by atomic mass is 9.92. The minimum atomic E-state index is -0.107. The molecule has 0 saturated carbocycles. The molecule has 3 aromatic rings. The minimum absolute atomic E-state index is 0.107. The van der Waals surface area contributed by atoms with Crippen LogP contribution in [0.4, 0.5) is 0 Å². The van der Waals surface area contributed by atoms with Crippen molar-refractivity contribution in [1.29, 1.82) is 0 Å². The third kappa shape index (κ3) is 4.01. The number of methoxy groups -OCH3 is 3. The zero-order valence-corrected chi connectivity index (χ0v) is 18.6. The van der Waals surface area contributed by atoms with Crippen LogP contribution in [0.2, 0.25) is 0 Å². The first kappa shape index (κ1) is 21.3. The Morgan fingerprint density at radius 1 is 0.774 bits per heavy atom. The summed E-state index contributed by atoms with van der Waals surface area (Å²) in [5, 5.41) is 13.0. The molecule has 1 atom stereocenters. The maximum absolute atomic E-state index is 11.4. The van der Waals surface area contributed by atoms with E-state index in [1.165, 1.54) is 0 Å². The lowest BCUT2D eigenvalue weighted by Gasteiger charge is -2.39. The number of piperazine rings is 1. The number of rotatable bonds is 6. The van der Waals surface area contributed by atoms with Crippen LogP contribution in [0.5, 0.6) is 23.0 Å². The van der Waals surface area contributed by atoms with Gasteiger partial charge >= 0.3 is 0 Å². The van der Waals surface area contributed by atoms with Crippen LogP contribution in [0, 0.1) is 0 Å². The fourth-order valence-electron chi connectivity index (χ4n) is 4.42. The van der Waals surface area contributed by atoms with Gasteiger partial charge in [-0.3, -0.25) is 4.90 Å². The molecule has 1 N–H and O–H groups in total. The highest BCUT2D eigenvalue weighted by atomic mass is 16.5. The van der Waals surface area contributed by atoms with Crippen molar-refractivity contribution < 1.29 is 19.3 Å². The number of aromatic hydroxyl groups is 1. The zero-order valence-electron chi connectivity index (χ0n) is 18.6. The third-order valence-corrected chi connectivity index (χ3v) is 6.17. The normalized spacial score (nSPS) is 16.3. The molecule has 4 rings (SSSR count). The molecule has 0 unspecified atom stereocenters. The summed E-state index contributed by atoms with van der Waals surface area (Å²) in [4.78, 5) is 4.75. The molecule has 0 amide bonds. The highest BCUT2D eigenvalue weighted by molar-refractivity contribution is 5.94. The smallest absolute Gasteiger partial charge is 0.161 e. The Hall–Kier alpha value is -2.96. The molecule has 1 aliphatic rings. The molecule has 0 radical (unpaired) electrons. The van der Waals surface area contributed by atoms with E-state index in [2.05, 4.69) is 22.9 Å². The van der Waals surface area contributed by atoms with Crippen molar-refractivity contribution in [3.05, 3.63) is 59.7 Å². The number of phenolic OH excluding ortho intramolecular Hbond substituents is 1. The lowest BCUT2D eigenvalue weighted by Crippen LogP contribution is -2.46. The zero-order chi connectivity index (χ0) is 22.0. The van der Waals surface area contributed by atoms with Crippen LogP contribution in [0.25, 0.3) is 10.8 Å². The van der Waals surface area contributed by atoms with Crippen LogP contribution in [0.3, 0.4) is 0 Å². The van der Waals surface area contributed by atoms with E-state index in [-0.39, 0.29) is 11.8 Å². The maximum Gasteiger partial charge on any atom is 0.161 e. The van der Waals surface area contributed by atoms with E-state index in [0.29, 0.717) is 11.5 Å². The molecule has 0 aromatic heterocycles. The van der Waals surface area contributed by atoms with E-state index < -0.39 is 0 Å². The summed E-state index contributed by atoms with van der Waals surface area (Å²) < 4.78 is 16.5. The summed E-state index contributed by atoms with van der Waals surface area (Å²) in [5.74, 6) is 2.41. The van der Waals surface area contributed by atoms with E-state index >= 15 is 0 Å². The van der Waals surface area contributed by atoms with Gasteiger partial charge in [-0.05, 0) is 30.8 Å². The monoisotopic (exact) mass is 422 g/mol. The van der Waals surface area contributed by atoms with Crippen LogP contribution < -0.4 is 14.2 Å². The molecule has 0 aliphatic carbocycles. The molecule has 0 bridgehead atoms. The SMILES string of the molecule is COc1ccc([C@H](c2ccc3c(OC)cccc3c2O)N2CCN(C)CC2)cc1OC. The fraction of sp³-hybridized carbons (Fsp3) is 0.360. The summed E-state index contributed by atoms with van der Waals surface area (Å²) in [5.41, 5.74) is 1.93. The second-order valence-corrected chi connectivity index (χ2v) is 7.91. The van der Waals surface area contributed by atoms with Crippen molar-refractivity contribution in [1.82, 2.24) is 9.80 Å². The quantitative estimate of drug-likeness (QED) is 0.650. The molecule has 31 heavy (non-hydrogen) atoms. The van der Waals surface area contributed by atoms with Gasteiger partial charge in [0.1, 0.15) is 11.5 Å². The third-order valence-electron chi connectivity index (χ3n) is 6.17. The Balaban J connectivity index is 1.86. The van der Waals surface area contributed by atoms with Gasteiger partial charge in [0.25, 0.3) is 0 Å². The number of hydrogen-bond acceptors (Lipinski definition) is 6. The van der Waals surface area contributed by atoms with Gasteiger partial charge in [0.2, 0.25) is 0 Å². The molecule has 164 valence electrons. The van der Waals surface area contributed by atoms with E-state index in [1.54, 1.807) is 21.3 Å². The van der Waals surface area contributed by atoms with Crippen molar-refractivity contribution in [3.8, 4) is 23.0 Å². The first-order chi connectivity index (χ1) is 15.1. The summed E-state index contributed by atoms with van der Waals surface area (Å²) in [6, 6.07) is 15.7. The molecule has 1 fully saturated rings. The Morgan fingerprint density at radius 2 is 1.48 bits per heavy atom. The van der Waals surface area contributed by atoms with Gasteiger partial charge in [-0.15, -0.1) is 0 Å². The number of hydrogen-bond donors (Lipinski definition) is 1. The molecule has 1 saturated heterocycles. The summed E-state index contributed by atoms with van der Waals surface area (Å²) in [6.45, 7) is 3.77. The van der Waals surface area contributed by atoms with Gasteiger partial charge < -0.3 is 24.2 Å². The predicted molar refractivity (Wildman–Crippen MR) is 123 cm³/mol. The Kier molecular flexibility index (Phi) is 6.20. The standard InChI is InChI=1S/C25H30N2O4/c1-26-12-14-27(15-13-26)24(17-8-11-22(30-3)23(16-17)31-4)20-10-9-18-19(25(20)28)6-5-7-21(18)29-2/h5-11,16,24,28H,12-15H2,1-4H3/t24-/m1/s1. The van der Waals surface area contributed by atoms with Crippen LogP contribution in [0.15, 0.2) is 48.5 Å². The molecule has 6 nitrogen and oxygen atoms in total. The molecule has 1 aliphatic heterocycles. The molecular formula is C25H30N2O4. The average molecular weight is 423 g/mol. The topological polar surface area (TPSA) is 54.4 Å². The van der Waals surface area contributed by atoms with Crippen molar-refractivity contribution in [2.75, 3.05) is 54.6 Å². The molecular weight excluding hydrogens is 392 g/mol. The minimum Gasteiger partial charge on any atom is -0.507 e. The summed E-state index contributed by atoms with van der Waals surface area (Å²) >= 11 is 0. The average Bonchev–Trinajstić information content (AvgIpc) is 2.81. The van der Waals surface area contributed by atoms with E-state index in [0.717, 1.165) is 53.8 Å². The first-order valence-corrected chi connectivity index (χ1v) is 10.5. The van der Waals surface area contributed by atoms with Crippen LogP contribution in [0.1, 0.15) is 17.2 Å². The summed E-state index contributed by atoms with van der Waals surface area (Å²) in [7, 11) is 7.07. The van der Waals surface area contributed by atoms with Crippen molar-refractivity contribution >= 4 is 10.8 Å². The fourth-order valence-corrected chi connectivity index (χ4v) is 4.42. The van der Waals surface area contributed by atoms with Gasteiger partial charge in [0.05, 0.1) is 27.4 Å². The number of ether oxygens (including phenoxy) is 3. The number of likely N-dealkylation sites (N-methyl/N-ethyl adjacent to an activating group) is 1. The second-order valence-electron chi connectivity index (χ2n) is 7.91. The highest BCUT2D eigenvalue weighted by Gasteiger charge is 2.29. The largest absolute Gasteiger partial charge is 0.507 e. The number of fused-ring (bicyclic) bond motifs is 1. The van der Waals surface area contributed by atoms with E-state index in [4.69, 9.17) is 14.2 Å². The Bertz CT molecular complexity index is 1060. The van der Waals surface area contributed by atoms with Gasteiger partial charge in [-0.25, -0.2) is 0 Å². The number of benzene rings is 3. The van der Waals surface area contributed by atoms with Gasteiger partial charge in [0.15, 0.2) is 11.5 Å². The highest BCUT2D eigenvalue weighted by Crippen LogP contribution is 2.42. The second kappa shape index (κ2) is 9.04. The van der Waals surface area contributed by atoms with E-state index in [1.807, 2.05) is 42.5 Å². The van der Waals surface area contributed by atoms with Crippen LogP contribution in [-0.4, -0.2) is 69.5 Å². The van der Waals surface area contributed by atoms with Crippen LogP contribution >= 0.6 is 0 Å². The van der Waals surface area contributed by atoms with Gasteiger partial charge in [-0.1, -0.05) is 30.3 Å². The summed E-state index contributed by atoms with van der Waals surface area (Å²) in [6.07, 6.45) is 0.